The Morgan fingerprint density at radius 2 is 2.11 bits per heavy atom. The van der Waals surface area contributed by atoms with Crippen molar-refractivity contribution in [3.63, 3.8) is 0 Å². The molecule has 1 aromatic carbocycles. The van der Waals surface area contributed by atoms with Gasteiger partial charge >= 0.3 is 5.97 Å². The topological polar surface area (TPSA) is 49.3 Å². The first-order valence-electron chi connectivity index (χ1n) is 7.33. The SMILES string of the molecule is CCCCCCCC1Cc2ccc(C(=O)O)cc2N1. The van der Waals surface area contributed by atoms with Crippen molar-refractivity contribution >= 4 is 11.7 Å². The maximum atomic E-state index is 10.9. The third kappa shape index (κ3) is 3.72. The van der Waals surface area contributed by atoms with Crippen LogP contribution in [0.4, 0.5) is 5.69 Å². The van der Waals surface area contributed by atoms with Crippen LogP contribution in [-0.4, -0.2) is 17.1 Å². The lowest BCUT2D eigenvalue weighted by atomic mass is 10.0. The molecular weight excluding hydrogens is 238 g/mol. The number of carboxylic acids is 1. The fourth-order valence-electron chi connectivity index (χ4n) is 2.73. The van der Waals surface area contributed by atoms with Gasteiger partial charge < -0.3 is 10.4 Å². The molecule has 0 spiro atoms. The van der Waals surface area contributed by atoms with Crippen LogP contribution >= 0.6 is 0 Å². The van der Waals surface area contributed by atoms with E-state index in [4.69, 9.17) is 5.11 Å². The summed E-state index contributed by atoms with van der Waals surface area (Å²) in [4.78, 5) is 10.9. The van der Waals surface area contributed by atoms with E-state index in [0.29, 0.717) is 11.6 Å². The molecule has 2 rings (SSSR count). The van der Waals surface area contributed by atoms with E-state index in [2.05, 4.69) is 12.2 Å². The minimum absolute atomic E-state index is 0.370. The molecule has 1 atom stereocenters. The quantitative estimate of drug-likeness (QED) is 0.727. The largest absolute Gasteiger partial charge is 0.478 e. The van der Waals surface area contributed by atoms with Gasteiger partial charge in [0.1, 0.15) is 0 Å². The molecule has 1 aliphatic heterocycles. The van der Waals surface area contributed by atoms with Crippen molar-refractivity contribution in [2.24, 2.45) is 0 Å². The predicted molar refractivity (Wildman–Crippen MR) is 77.9 cm³/mol. The average Bonchev–Trinajstić information content (AvgIpc) is 2.80. The van der Waals surface area contributed by atoms with Crippen molar-refractivity contribution in [3.8, 4) is 0 Å². The Morgan fingerprint density at radius 3 is 2.84 bits per heavy atom. The fraction of sp³-hybridized carbons (Fsp3) is 0.562. The van der Waals surface area contributed by atoms with Crippen LogP contribution in [0.5, 0.6) is 0 Å². The molecule has 1 unspecified atom stereocenters. The number of hydrogen-bond acceptors (Lipinski definition) is 2. The molecule has 0 radical (unpaired) electrons. The summed E-state index contributed by atoms with van der Waals surface area (Å²) in [7, 11) is 0. The van der Waals surface area contributed by atoms with Gasteiger partial charge in [0, 0.05) is 11.7 Å². The van der Waals surface area contributed by atoms with Crippen LogP contribution in [0.15, 0.2) is 18.2 Å². The Bertz CT molecular complexity index is 442. The Hall–Kier alpha value is -1.51. The number of carboxylic acid groups (broad SMARTS) is 1. The van der Waals surface area contributed by atoms with E-state index in [-0.39, 0.29) is 0 Å². The molecule has 1 aliphatic rings. The molecule has 104 valence electrons. The highest BCUT2D eigenvalue weighted by atomic mass is 16.4. The van der Waals surface area contributed by atoms with Crippen LogP contribution in [-0.2, 0) is 6.42 Å². The van der Waals surface area contributed by atoms with Gasteiger partial charge in [-0.05, 0) is 30.5 Å². The first-order valence-corrected chi connectivity index (χ1v) is 7.33. The molecular formula is C16H23NO2. The number of hydrogen-bond donors (Lipinski definition) is 2. The summed E-state index contributed by atoms with van der Waals surface area (Å²) in [6.07, 6.45) is 8.73. The number of aromatic carboxylic acids is 1. The zero-order chi connectivity index (χ0) is 13.7. The Balaban J connectivity index is 1.81. The van der Waals surface area contributed by atoms with E-state index in [1.165, 1.54) is 44.1 Å². The summed E-state index contributed by atoms with van der Waals surface area (Å²) < 4.78 is 0. The van der Waals surface area contributed by atoms with Crippen molar-refractivity contribution in [1.82, 2.24) is 0 Å². The normalized spacial score (nSPS) is 17.0. The van der Waals surface area contributed by atoms with Crippen LogP contribution in [0.3, 0.4) is 0 Å². The lowest BCUT2D eigenvalue weighted by molar-refractivity contribution is 0.0697. The van der Waals surface area contributed by atoms with Crippen molar-refractivity contribution in [2.45, 2.75) is 57.9 Å². The third-order valence-electron chi connectivity index (χ3n) is 3.84. The van der Waals surface area contributed by atoms with Gasteiger partial charge in [-0.25, -0.2) is 4.79 Å². The molecule has 1 aromatic rings. The second kappa shape index (κ2) is 6.60. The maximum Gasteiger partial charge on any atom is 0.335 e. The van der Waals surface area contributed by atoms with Crippen molar-refractivity contribution in [3.05, 3.63) is 29.3 Å². The van der Waals surface area contributed by atoms with Gasteiger partial charge in [0.2, 0.25) is 0 Å². The number of fused-ring (bicyclic) bond motifs is 1. The third-order valence-corrected chi connectivity index (χ3v) is 3.84. The Kier molecular flexibility index (Phi) is 4.83. The summed E-state index contributed by atoms with van der Waals surface area (Å²) in [5, 5.41) is 12.4. The molecule has 0 fully saturated rings. The van der Waals surface area contributed by atoms with Crippen molar-refractivity contribution in [1.29, 1.82) is 0 Å². The number of anilines is 1. The lowest BCUT2D eigenvalue weighted by Crippen LogP contribution is -2.14. The van der Waals surface area contributed by atoms with Gasteiger partial charge in [-0.1, -0.05) is 45.1 Å². The fourth-order valence-corrected chi connectivity index (χ4v) is 2.73. The number of nitrogens with one attached hydrogen (secondary N) is 1. The second-order valence-electron chi connectivity index (χ2n) is 5.43. The molecule has 1 heterocycles. The van der Waals surface area contributed by atoms with Crippen LogP contribution in [0.2, 0.25) is 0 Å². The average molecular weight is 261 g/mol. The van der Waals surface area contributed by atoms with Gasteiger partial charge in [0.15, 0.2) is 0 Å². The minimum Gasteiger partial charge on any atom is -0.478 e. The summed E-state index contributed by atoms with van der Waals surface area (Å²) in [6.45, 7) is 2.23. The second-order valence-corrected chi connectivity index (χ2v) is 5.43. The predicted octanol–water partition coefficient (Wildman–Crippen LogP) is 4.08. The standard InChI is InChI=1S/C16H23NO2/c1-2-3-4-5-6-7-14-10-12-8-9-13(16(18)19)11-15(12)17-14/h8-9,11,14,17H,2-7,10H2,1H3,(H,18,19). The first-order chi connectivity index (χ1) is 9.20. The maximum absolute atomic E-state index is 10.9. The van der Waals surface area contributed by atoms with Gasteiger partial charge in [0.25, 0.3) is 0 Å². The minimum atomic E-state index is -0.854. The molecule has 0 saturated heterocycles. The van der Waals surface area contributed by atoms with Gasteiger partial charge in [-0.2, -0.15) is 0 Å². The van der Waals surface area contributed by atoms with E-state index < -0.39 is 5.97 Å². The summed E-state index contributed by atoms with van der Waals surface area (Å²) in [5.41, 5.74) is 2.64. The van der Waals surface area contributed by atoms with E-state index in [9.17, 15) is 4.79 Å². The van der Waals surface area contributed by atoms with E-state index in [1.807, 2.05) is 6.07 Å². The Labute approximate surface area is 115 Å². The number of unbranched alkanes of at least 4 members (excludes halogenated alkanes) is 4. The summed E-state index contributed by atoms with van der Waals surface area (Å²) in [6, 6.07) is 5.89. The van der Waals surface area contributed by atoms with Gasteiger partial charge in [0.05, 0.1) is 5.56 Å². The molecule has 0 aromatic heterocycles. The first kappa shape index (κ1) is 13.9. The summed E-state index contributed by atoms with van der Waals surface area (Å²) in [5.74, 6) is -0.854. The van der Waals surface area contributed by atoms with Gasteiger partial charge in [-0.3, -0.25) is 0 Å². The van der Waals surface area contributed by atoms with Gasteiger partial charge in [-0.15, -0.1) is 0 Å². The van der Waals surface area contributed by atoms with Crippen LogP contribution in [0.1, 0.15) is 61.4 Å². The molecule has 3 nitrogen and oxygen atoms in total. The van der Waals surface area contributed by atoms with E-state index in [0.717, 1.165) is 12.1 Å². The smallest absolute Gasteiger partial charge is 0.335 e. The van der Waals surface area contributed by atoms with Crippen LogP contribution < -0.4 is 5.32 Å². The molecule has 0 bridgehead atoms. The number of rotatable bonds is 7. The Morgan fingerprint density at radius 1 is 1.32 bits per heavy atom. The highest BCUT2D eigenvalue weighted by Gasteiger charge is 2.21. The zero-order valence-corrected chi connectivity index (χ0v) is 11.6. The molecule has 2 N–H and O–H groups in total. The van der Waals surface area contributed by atoms with Crippen molar-refractivity contribution < 1.29 is 9.90 Å². The molecule has 3 heteroatoms. The summed E-state index contributed by atoms with van der Waals surface area (Å²) >= 11 is 0. The zero-order valence-electron chi connectivity index (χ0n) is 11.6. The molecule has 0 amide bonds. The van der Waals surface area contributed by atoms with Crippen LogP contribution in [0, 0.1) is 0 Å². The number of carbonyl (C=O) groups is 1. The van der Waals surface area contributed by atoms with E-state index >= 15 is 0 Å². The lowest BCUT2D eigenvalue weighted by Gasteiger charge is -2.10. The van der Waals surface area contributed by atoms with Crippen LogP contribution in [0.25, 0.3) is 0 Å². The molecule has 0 saturated carbocycles. The molecule has 0 aliphatic carbocycles. The van der Waals surface area contributed by atoms with E-state index in [1.54, 1.807) is 12.1 Å². The highest BCUT2D eigenvalue weighted by Crippen LogP contribution is 2.29. The van der Waals surface area contributed by atoms with Crippen molar-refractivity contribution in [2.75, 3.05) is 5.32 Å². The molecule has 19 heavy (non-hydrogen) atoms. The monoisotopic (exact) mass is 261 g/mol. The highest BCUT2D eigenvalue weighted by molar-refractivity contribution is 5.89. The number of benzene rings is 1.